The van der Waals surface area contributed by atoms with Crippen LogP contribution in [0.25, 0.3) is 12.2 Å². The summed E-state index contributed by atoms with van der Waals surface area (Å²) in [5.74, 6) is 0. The summed E-state index contributed by atoms with van der Waals surface area (Å²) in [6.07, 6.45) is 2.93. The Kier molecular flexibility index (Phi) is 3.86. The van der Waals surface area contributed by atoms with Crippen molar-refractivity contribution in [3.63, 3.8) is 0 Å². The van der Waals surface area contributed by atoms with Crippen LogP contribution in [0.2, 0.25) is 0 Å². The van der Waals surface area contributed by atoms with Crippen LogP contribution in [0.5, 0.6) is 0 Å². The van der Waals surface area contributed by atoms with Crippen molar-refractivity contribution in [2.75, 3.05) is 11.5 Å². The van der Waals surface area contributed by atoms with Gasteiger partial charge in [-0.3, -0.25) is 0 Å². The van der Waals surface area contributed by atoms with Gasteiger partial charge in [0.1, 0.15) is 0 Å². The first-order valence-corrected chi connectivity index (χ1v) is 7.67. The summed E-state index contributed by atoms with van der Waals surface area (Å²) in [5, 5.41) is 0. The Labute approximate surface area is 124 Å². The zero-order valence-electron chi connectivity index (χ0n) is 11.4. The Morgan fingerprint density at radius 1 is 0.810 bits per heavy atom. The Hall–Kier alpha value is -2.53. The SMILES string of the molecule is C=Cc1cc(N)ccc1S(=O)(=O)c1ccc(N)cc1C=C. The second-order valence-corrected chi connectivity index (χ2v) is 6.39. The Bertz CT molecular complexity index is 761. The maximum absolute atomic E-state index is 12.8. The average Bonchev–Trinajstić information content (AvgIpc) is 2.46. The monoisotopic (exact) mass is 300 g/mol. The van der Waals surface area contributed by atoms with Crippen molar-refractivity contribution in [1.82, 2.24) is 0 Å². The molecule has 0 radical (unpaired) electrons. The summed E-state index contributed by atoms with van der Waals surface area (Å²) in [6, 6.07) is 9.20. The largest absolute Gasteiger partial charge is 0.399 e. The quantitative estimate of drug-likeness (QED) is 0.850. The number of hydrogen-bond donors (Lipinski definition) is 2. The van der Waals surface area contributed by atoms with Crippen LogP contribution in [-0.2, 0) is 9.84 Å². The summed E-state index contributed by atoms with van der Waals surface area (Å²) >= 11 is 0. The van der Waals surface area contributed by atoms with E-state index in [2.05, 4.69) is 13.2 Å². The van der Waals surface area contributed by atoms with Gasteiger partial charge in [0.2, 0.25) is 9.84 Å². The zero-order valence-corrected chi connectivity index (χ0v) is 12.2. The van der Waals surface area contributed by atoms with Crippen LogP contribution in [0.15, 0.2) is 59.3 Å². The number of nitrogen functional groups attached to an aromatic ring is 2. The molecule has 5 heteroatoms. The Balaban J connectivity index is 2.74. The number of nitrogens with two attached hydrogens (primary N) is 2. The van der Waals surface area contributed by atoms with E-state index >= 15 is 0 Å². The van der Waals surface area contributed by atoms with Crippen LogP contribution in [0, 0.1) is 0 Å². The smallest absolute Gasteiger partial charge is 0.207 e. The third kappa shape index (κ3) is 2.68. The van der Waals surface area contributed by atoms with Gasteiger partial charge in [-0.2, -0.15) is 0 Å². The number of rotatable bonds is 4. The zero-order chi connectivity index (χ0) is 15.6. The lowest BCUT2D eigenvalue weighted by molar-refractivity contribution is 0.596. The molecule has 108 valence electrons. The maximum atomic E-state index is 12.8. The molecular formula is C16H16N2O2S. The highest BCUT2D eigenvalue weighted by Gasteiger charge is 2.22. The third-order valence-electron chi connectivity index (χ3n) is 3.09. The van der Waals surface area contributed by atoms with E-state index in [-0.39, 0.29) is 9.79 Å². The molecule has 0 unspecified atom stereocenters. The van der Waals surface area contributed by atoms with Gasteiger partial charge in [0, 0.05) is 11.4 Å². The molecule has 0 aromatic heterocycles. The summed E-state index contributed by atoms with van der Waals surface area (Å²) < 4.78 is 25.7. The van der Waals surface area contributed by atoms with Crippen molar-refractivity contribution in [3.05, 3.63) is 60.7 Å². The summed E-state index contributed by atoms with van der Waals surface area (Å²) in [5.41, 5.74) is 13.2. The molecule has 4 nitrogen and oxygen atoms in total. The minimum atomic E-state index is -3.71. The fourth-order valence-electron chi connectivity index (χ4n) is 2.06. The van der Waals surface area contributed by atoms with Gasteiger partial charge in [-0.25, -0.2) is 8.42 Å². The molecule has 0 aliphatic rings. The van der Waals surface area contributed by atoms with Crippen molar-refractivity contribution >= 4 is 33.4 Å². The number of benzene rings is 2. The lowest BCUT2D eigenvalue weighted by atomic mass is 10.2. The average molecular weight is 300 g/mol. The first-order chi connectivity index (χ1) is 9.90. The van der Waals surface area contributed by atoms with Crippen molar-refractivity contribution in [3.8, 4) is 0 Å². The van der Waals surface area contributed by atoms with Crippen molar-refractivity contribution in [2.24, 2.45) is 0 Å². The van der Waals surface area contributed by atoms with E-state index in [1.165, 1.54) is 24.3 Å². The minimum Gasteiger partial charge on any atom is -0.399 e. The molecule has 0 spiro atoms. The molecular weight excluding hydrogens is 284 g/mol. The van der Waals surface area contributed by atoms with E-state index in [0.717, 1.165) is 0 Å². The van der Waals surface area contributed by atoms with E-state index in [0.29, 0.717) is 22.5 Å². The van der Waals surface area contributed by atoms with Crippen LogP contribution in [0.1, 0.15) is 11.1 Å². The van der Waals surface area contributed by atoms with Gasteiger partial charge in [-0.15, -0.1) is 0 Å². The van der Waals surface area contributed by atoms with E-state index < -0.39 is 9.84 Å². The molecule has 0 saturated carbocycles. The summed E-state index contributed by atoms with van der Waals surface area (Å²) in [6.45, 7) is 7.27. The van der Waals surface area contributed by atoms with Gasteiger partial charge in [-0.05, 0) is 47.5 Å². The van der Waals surface area contributed by atoms with Crippen molar-refractivity contribution < 1.29 is 8.42 Å². The van der Waals surface area contributed by atoms with Crippen LogP contribution in [0.4, 0.5) is 11.4 Å². The normalized spacial score (nSPS) is 11.0. The van der Waals surface area contributed by atoms with E-state index in [4.69, 9.17) is 11.5 Å². The molecule has 4 N–H and O–H groups in total. The highest BCUT2D eigenvalue weighted by Crippen LogP contribution is 2.30. The summed E-state index contributed by atoms with van der Waals surface area (Å²) in [4.78, 5) is 0.305. The molecule has 0 aliphatic carbocycles. The molecule has 2 aromatic carbocycles. The van der Waals surface area contributed by atoms with Gasteiger partial charge < -0.3 is 11.5 Å². The van der Waals surface area contributed by atoms with Crippen LogP contribution < -0.4 is 11.5 Å². The first kappa shape index (κ1) is 14.9. The summed E-state index contributed by atoms with van der Waals surface area (Å²) in [7, 11) is -3.71. The number of hydrogen-bond acceptors (Lipinski definition) is 4. The lowest BCUT2D eigenvalue weighted by Crippen LogP contribution is -2.07. The second-order valence-electron chi connectivity index (χ2n) is 4.51. The molecule has 0 saturated heterocycles. The van der Waals surface area contributed by atoms with E-state index in [1.54, 1.807) is 24.3 Å². The number of anilines is 2. The van der Waals surface area contributed by atoms with Crippen LogP contribution in [0.3, 0.4) is 0 Å². The molecule has 0 fully saturated rings. The molecule has 0 aliphatic heterocycles. The molecule has 0 bridgehead atoms. The van der Waals surface area contributed by atoms with Crippen molar-refractivity contribution in [2.45, 2.75) is 9.79 Å². The van der Waals surface area contributed by atoms with Gasteiger partial charge in [-0.1, -0.05) is 25.3 Å². The van der Waals surface area contributed by atoms with Gasteiger partial charge in [0.25, 0.3) is 0 Å². The Morgan fingerprint density at radius 2 is 1.19 bits per heavy atom. The van der Waals surface area contributed by atoms with Crippen molar-refractivity contribution in [1.29, 1.82) is 0 Å². The predicted molar refractivity (Wildman–Crippen MR) is 87.3 cm³/mol. The molecule has 21 heavy (non-hydrogen) atoms. The first-order valence-electron chi connectivity index (χ1n) is 6.19. The topological polar surface area (TPSA) is 86.2 Å². The minimum absolute atomic E-state index is 0.152. The molecule has 0 amide bonds. The second kappa shape index (κ2) is 5.46. The molecule has 0 atom stereocenters. The maximum Gasteiger partial charge on any atom is 0.207 e. The van der Waals surface area contributed by atoms with E-state index in [9.17, 15) is 8.42 Å². The highest BCUT2D eigenvalue weighted by molar-refractivity contribution is 7.91. The van der Waals surface area contributed by atoms with Gasteiger partial charge in [0.15, 0.2) is 0 Å². The lowest BCUT2D eigenvalue weighted by Gasteiger charge is -2.12. The van der Waals surface area contributed by atoms with Gasteiger partial charge >= 0.3 is 0 Å². The molecule has 0 heterocycles. The van der Waals surface area contributed by atoms with E-state index in [1.807, 2.05) is 0 Å². The standard InChI is InChI=1S/C16H16N2O2S/c1-3-11-9-13(17)5-7-15(11)21(19,20)16-8-6-14(18)10-12(16)4-2/h3-10H,1-2,17-18H2. The molecule has 2 rings (SSSR count). The predicted octanol–water partition coefficient (Wildman–Crippen LogP) is 2.97. The van der Waals surface area contributed by atoms with Gasteiger partial charge in [0.05, 0.1) is 9.79 Å². The third-order valence-corrected chi connectivity index (χ3v) is 4.99. The van der Waals surface area contributed by atoms with Crippen LogP contribution in [-0.4, -0.2) is 8.42 Å². The highest BCUT2D eigenvalue weighted by atomic mass is 32.2. The fraction of sp³-hybridized carbons (Fsp3) is 0. The Morgan fingerprint density at radius 3 is 1.52 bits per heavy atom. The van der Waals surface area contributed by atoms with Crippen LogP contribution >= 0.6 is 0 Å². The molecule has 2 aromatic rings. The fourth-order valence-corrected chi connectivity index (χ4v) is 3.70. The number of sulfone groups is 1.